The molecule has 4 rings (SSSR count). The molecular formula is C72H138N4O8. The third kappa shape index (κ3) is 20.3. The molecule has 0 aromatic rings. The second-order valence-corrected chi connectivity index (χ2v) is 31.7. The van der Waals surface area contributed by atoms with E-state index >= 15 is 9.59 Å². The molecule has 494 valence electrons. The molecule has 4 saturated heterocycles. The summed E-state index contributed by atoms with van der Waals surface area (Å²) < 4.78 is 14.6. The van der Waals surface area contributed by atoms with Crippen molar-refractivity contribution in [3.8, 4) is 0 Å². The van der Waals surface area contributed by atoms with E-state index in [0.29, 0.717) is 39.3 Å². The summed E-state index contributed by atoms with van der Waals surface area (Å²) in [6.07, 6.45) is 33.2. The van der Waals surface area contributed by atoms with Gasteiger partial charge in [0.1, 0.15) is 12.2 Å². The van der Waals surface area contributed by atoms with Crippen molar-refractivity contribution < 1.29 is 38.4 Å². The van der Waals surface area contributed by atoms with Crippen LogP contribution in [0.3, 0.4) is 0 Å². The van der Waals surface area contributed by atoms with E-state index in [0.717, 1.165) is 89.9 Å². The Labute approximate surface area is 518 Å². The molecule has 0 aliphatic carbocycles. The highest BCUT2D eigenvalue weighted by atomic mass is 16.7. The van der Waals surface area contributed by atoms with Crippen LogP contribution in [0.15, 0.2) is 0 Å². The van der Waals surface area contributed by atoms with Gasteiger partial charge in [-0.3, -0.25) is 28.9 Å². The highest BCUT2D eigenvalue weighted by Gasteiger charge is 2.63. The van der Waals surface area contributed by atoms with Crippen molar-refractivity contribution in [1.82, 2.24) is 20.3 Å². The molecular weight excluding hydrogens is 1050 g/mol. The smallest absolute Gasteiger partial charge is 0.310 e. The van der Waals surface area contributed by atoms with E-state index in [1.165, 1.54) is 103 Å². The van der Waals surface area contributed by atoms with Crippen LogP contribution < -0.4 is 0 Å². The van der Waals surface area contributed by atoms with Gasteiger partial charge in [0.25, 0.3) is 0 Å². The highest BCUT2D eigenvalue weighted by Crippen LogP contribution is 2.55. The van der Waals surface area contributed by atoms with Crippen molar-refractivity contribution in [2.45, 2.75) is 400 Å². The van der Waals surface area contributed by atoms with Crippen molar-refractivity contribution in [3.63, 3.8) is 0 Å². The number of hydrogen-bond acceptors (Lipinski definition) is 12. The van der Waals surface area contributed by atoms with Crippen LogP contribution in [0.5, 0.6) is 0 Å². The Morgan fingerprint density at radius 2 is 0.536 bits per heavy atom. The van der Waals surface area contributed by atoms with Crippen LogP contribution in [0.25, 0.3) is 0 Å². The summed E-state index contributed by atoms with van der Waals surface area (Å²) in [5.41, 5.74) is -3.93. The molecule has 12 nitrogen and oxygen atoms in total. The summed E-state index contributed by atoms with van der Waals surface area (Å²) in [6.45, 7) is 47.5. The van der Waals surface area contributed by atoms with Gasteiger partial charge >= 0.3 is 11.9 Å². The maximum Gasteiger partial charge on any atom is 0.310 e. The second kappa shape index (κ2) is 34.2. The van der Waals surface area contributed by atoms with Gasteiger partial charge in [-0.25, -0.2) is 0 Å². The van der Waals surface area contributed by atoms with Crippen LogP contribution in [0.2, 0.25) is 0 Å². The van der Waals surface area contributed by atoms with Gasteiger partial charge in [-0.1, -0.05) is 156 Å². The first kappa shape index (κ1) is 75.1. The molecule has 0 aromatic carbocycles. The fraction of sp³-hybridized carbons (Fsp3) is 0.972. The molecule has 0 saturated carbocycles. The minimum absolute atomic E-state index is 0.281. The van der Waals surface area contributed by atoms with Crippen LogP contribution in [0, 0.1) is 23.7 Å². The first-order valence-corrected chi connectivity index (χ1v) is 35.6. The van der Waals surface area contributed by atoms with E-state index < -0.39 is 46.2 Å². The van der Waals surface area contributed by atoms with Crippen molar-refractivity contribution in [2.24, 2.45) is 23.7 Å². The zero-order chi connectivity index (χ0) is 62.6. The van der Waals surface area contributed by atoms with Crippen LogP contribution in [0.1, 0.15) is 344 Å². The molecule has 4 aliphatic heterocycles. The zero-order valence-electron chi connectivity index (χ0n) is 59.0. The summed E-state index contributed by atoms with van der Waals surface area (Å²) >= 11 is 0. The number of esters is 2. The van der Waals surface area contributed by atoms with Crippen LogP contribution in [0.4, 0.5) is 0 Å². The molecule has 0 aromatic heterocycles. The Hall–Kier alpha value is -1.38. The molecule has 4 fully saturated rings. The lowest BCUT2D eigenvalue weighted by atomic mass is 9.58. The fourth-order valence-corrected chi connectivity index (χ4v) is 16.2. The molecule has 4 aliphatic rings. The van der Waals surface area contributed by atoms with Gasteiger partial charge in [0.05, 0.1) is 49.3 Å². The average Bonchev–Trinajstić information content (AvgIpc) is 0.867. The third-order valence-corrected chi connectivity index (χ3v) is 21.0. The third-order valence-electron chi connectivity index (χ3n) is 21.0. The number of nitrogens with zero attached hydrogens (tertiary/aromatic N) is 4. The molecule has 0 spiro atoms. The standard InChI is InChI=1S/C72H138N4O8/c1-21-25-29-33-37-41-53-79-73-65(5,6)49-45-57(69(73,13)14)61(63(77)83-59-47-51-67(9,10)75(71(59,17)18)81-55-43-39-35-31-27-23-3)62(58-46-50-66(7,8)74(70(58,15)16)80-54-42-38-34-30-26-22-2)64(78)84-60-48-52-68(11,12)76(72(60,19)20)82-56-44-40-36-32-28-24-4/h57-62H,21-56H2,1-20H3. The number of unbranched alkanes of at least 4 members (excludes halogenated alkanes) is 20. The fourth-order valence-electron chi connectivity index (χ4n) is 16.2. The topological polar surface area (TPSA) is 102 Å². The molecule has 4 heterocycles. The SMILES string of the molecule is CCCCCCCCON1C(C)(C)CCC(OC(=O)C(C(C(=O)OC2CCC(C)(C)N(OCCCCCCCC)C2(C)C)C2CCC(C)(C)N(OCCCCCCCC)C2(C)C)C2CCC(C)(C)N(OCCCCCCCC)C2(C)C)C1(C)C. The second-order valence-electron chi connectivity index (χ2n) is 31.7. The zero-order valence-corrected chi connectivity index (χ0v) is 59.0. The highest BCUT2D eigenvalue weighted by molar-refractivity contribution is 5.83. The maximum atomic E-state index is 16.7. The van der Waals surface area contributed by atoms with Crippen LogP contribution in [-0.4, -0.2) is 115 Å². The molecule has 0 N–H and O–H groups in total. The average molecular weight is 1190 g/mol. The van der Waals surface area contributed by atoms with E-state index in [9.17, 15) is 0 Å². The van der Waals surface area contributed by atoms with Crippen LogP contribution >= 0.6 is 0 Å². The molecule has 6 atom stereocenters. The Kier molecular flexibility index (Phi) is 30.5. The van der Waals surface area contributed by atoms with Gasteiger partial charge in [0.2, 0.25) is 0 Å². The van der Waals surface area contributed by atoms with Gasteiger partial charge < -0.3 is 9.47 Å². The largest absolute Gasteiger partial charge is 0.460 e. The quantitative estimate of drug-likeness (QED) is 0.0433. The van der Waals surface area contributed by atoms with Gasteiger partial charge in [-0.15, -0.1) is 0 Å². The van der Waals surface area contributed by atoms with E-state index in [1.807, 2.05) is 0 Å². The van der Waals surface area contributed by atoms with Crippen molar-refractivity contribution in [1.29, 1.82) is 0 Å². The van der Waals surface area contributed by atoms with E-state index in [-0.39, 0.29) is 45.9 Å². The number of ether oxygens (including phenoxy) is 2. The summed E-state index contributed by atoms with van der Waals surface area (Å²) in [7, 11) is 0. The first-order valence-electron chi connectivity index (χ1n) is 35.6. The lowest BCUT2D eigenvalue weighted by Gasteiger charge is -2.60. The van der Waals surface area contributed by atoms with Crippen molar-refractivity contribution >= 4 is 11.9 Å². The number of hydroxylamine groups is 8. The molecule has 0 radical (unpaired) electrons. The number of hydrogen-bond donors (Lipinski definition) is 0. The summed E-state index contributed by atoms with van der Waals surface area (Å²) in [6, 6.07) is 0. The van der Waals surface area contributed by atoms with Crippen LogP contribution in [-0.2, 0) is 38.4 Å². The van der Waals surface area contributed by atoms with Gasteiger partial charge in [0.15, 0.2) is 0 Å². The van der Waals surface area contributed by atoms with Crippen molar-refractivity contribution in [3.05, 3.63) is 0 Å². The molecule has 84 heavy (non-hydrogen) atoms. The first-order chi connectivity index (χ1) is 39.4. The number of carbonyl (C=O) groups is 2. The Morgan fingerprint density at radius 1 is 0.321 bits per heavy atom. The summed E-state index contributed by atoms with van der Waals surface area (Å²) in [5.74, 6) is -3.04. The van der Waals surface area contributed by atoms with E-state index in [2.05, 4.69) is 159 Å². The Balaban J connectivity index is 1.89. The van der Waals surface area contributed by atoms with Gasteiger partial charge in [-0.05, 0) is 200 Å². The number of piperidine rings is 4. The van der Waals surface area contributed by atoms with E-state index in [1.54, 1.807) is 0 Å². The van der Waals surface area contributed by atoms with Gasteiger partial charge in [0, 0.05) is 33.2 Å². The lowest BCUT2D eigenvalue weighted by Crippen LogP contribution is -2.69. The number of carbonyl (C=O) groups excluding carboxylic acids is 2. The minimum atomic E-state index is -0.874. The molecule has 12 heteroatoms. The normalized spacial score (nSPS) is 26.4. The Morgan fingerprint density at radius 3 is 0.786 bits per heavy atom. The predicted octanol–water partition coefficient (Wildman–Crippen LogP) is 19.1. The molecule has 6 unspecified atom stereocenters. The number of rotatable bonds is 39. The minimum Gasteiger partial charge on any atom is -0.460 e. The summed E-state index contributed by atoms with van der Waals surface area (Å²) in [4.78, 5) is 61.2. The monoisotopic (exact) mass is 1190 g/mol. The molecule has 0 amide bonds. The summed E-state index contributed by atoms with van der Waals surface area (Å²) in [5, 5.41) is 8.81. The van der Waals surface area contributed by atoms with Gasteiger partial charge in [-0.2, -0.15) is 20.3 Å². The van der Waals surface area contributed by atoms with Crippen molar-refractivity contribution in [2.75, 3.05) is 26.4 Å². The predicted molar refractivity (Wildman–Crippen MR) is 348 cm³/mol. The maximum absolute atomic E-state index is 16.7. The lowest BCUT2D eigenvalue weighted by molar-refractivity contribution is -0.316. The molecule has 0 bridgehead atoms. The Bertz CT molecular complexity index is 1750. The van der Waals surface area contributed by atoms with E-state index in [4.69, 9.17) is 28.8 Å².